The van der Waals surface area contributed by atoms with Gasteiger partial charge in [0.15, 0.2) is 18.9 Å². The minimum absolute atomic E-state index is 0.760. The van der Waals surface area contributed by atoms with E-state index in [1.807, 2.05) is 0 Å². The number of rotatable bonds is 10. The summed E-state index contributed by atoms with van der Waals surface area (Å²) in [5, 5.41) is 100.0. The topological polar surface area (TPSA) is 248 Å². The molecule has 196 valence electrons. The maximum absolute atomic E-state index is 10.5. The highest BCUT2D eigenvalue weighted by Gasteiger charge is 2.52. The minimum atomic E-state index is -2.15. The predicted molar refractivity (Wildman–Crippen MR) is 102 cm³/mol. The molecule has 15 nitrogen and oxygen atoms in total. The molecule has 10 N–H and O–H groups in total. The molecule has 0 aromatic heterocycles. The van der Waals surface area contributed by atoms with Crippen molar-refractivity contribution in [1.82, 2.24) is 0 Å². The summed E-state index contributed by atoms with van der Waals surface area (Å²) >= 11 is 0. The minimum Gasteiger partial charge on any atom is -0.394 e. The second-order valence-electron chi connectivity index (χ2n) is 7.95. The molecule has 2 aliphatic rings. The number of ether oxygens (including phenoxy) is 5. The molecule has 0 saturated carbocycles. The first-order valence-corrected chi connectivity index (χ1v) is 10.3. The largest absolute Gasteiger partial charge is 0.394 e. The molecule has 14 unspecified atom stereocenters. The van der Waals surface area contributed by atoms with Crippen LogP contribution in [0.3, 0.4) is 0 Å². The van der Waals surface area contributed by atoms with Crippen molar-refractivity contribution in [3.05, 3.63) is 0 Å². The summed E-state index contributed by atoms with van der Waals surface area (Å²) in [6.45, 7) is -0.141. The van der Waals surface area contributed by atoms with Gasteiger partial charge in [0.25, 0.3) is 0 Å². The molecule has 2 rings (SSSR count). The molecule has 0 aromatic carbocycles. The van der Waals surface area contributed by atoms with Crippen molar-refractivity contribution in [2.45, 2.75) is 92.9 Å². The summed E-state index contributed by atoms with van der Waals surface area (Å²) in [6.07, 6.45) is -23.7. The van der Waals surface area contributed by atoms with Crippen LogP contribution in [0.1, 0.15) is 6.92 Å². The monoisotopic (exact) mass is 490 g/mol. The van der Waals surface area contributed by atoms with Crippen molar-refractivity contribution < 1.29 is 74.7 Å². The molecule has 15 heteroatoms. The molecule has 2 fully saturated rings. The van der Waals surface area contributed by atoms with Crippen LogP contribution < -0.4 is 0 Å². The van der Waals surface area contributed by atoms with Gasteiger partial charge in [-0.15, -0.1) is 0 Å². The maximum Gasteiger partial charge on any atom is 0.187 e. The zero-order valence-corrected chi connectivity index (χ0v) is 18.0. The second-order valence-corrected chi connectivity index (χ2v) is 7.95. The molecule has 0 radical (unpaired) electrons. The quantitative estimate of drug-likeness (QED) is 0.128. The van der Waals surface area contributed by atoms with Gasteiger partial charge < -0.3 is 74.7 Å². The average Bonchev–Trinajstić information content (AvgIpc) is 2.81. The Morgan fingerprint density at radius 1 is 0.758 bits per heavy atom. The highest BCUT2D eigenvalue weighted by atomic mass is 16.7. The molecule has 14 atom stereocenters. The van der Waals surface area contributed by atoms with Gasteiger partial charge in [-0.3, -0.25) is 0 Å². The van der Waals surface area contributed by atoms with Gasteiger partial charge in [0, 0.05) is 7.11 Å². The second kappa shape index (κ2) is 12.4. The van der Waals surface area contributed by atoms with E-state index in [0.29, 0.717) is 0 Å². The third kappa shape index (κ3) is 6.35. The lowest BCUT2D eigenvalue weighted by atomic mass is 9.96. The smallest absolute Gasteiger partial charge is 0.187 e. The Labute approximate surface area is 188 Å². The van der Waals surface area contributed by atoms with E-state index in [-0.39, 0.29) is 0 Å². The van der Waals surface area contributed by atoms with Crippen LogP contribution in [0, 0.1) is 0 Å². The lowest BCUT2D eigenvalue weighted by Gasteiger charge is -2.46. The van der Waals surface area contributed by atoms with Crippen molar-refractivity contribution >= 4 is 0 Å². The normalized spacial score (nSPS) is 43.6. The zero-order chi connectivity index (χ0) is 25.0. The van der Waals surface area contributed by atoms with E-state index in [9.17, 15) is 51.1 Å². The van der Waals surface area contributed by atoms with E-state index in [1.54, 1.807) is 0 Å². The first-order valence-electron chi connectivity index (χ1n) is 10.3. The molecule has 0 bridgehead atoms. The summed E-state index contributed by atoms with van der Waals surface area (Å²) in [5.74, 6) is 0. The summed E-state index contributed by atoms with van der Waals surface area (Å²) < 4.78 is 25.8. The van der Waals surface area contributed by atoms with Crippen molar-refractivity contribution in [2.24, 2.45) is 0 Å². The fourth-order valence-electron chi connectivity index (χ4n) is 3.52. The molecule has 0 aromatic rings. The van der Waals surface area contributed by atoms with Crippen LogP contribution in [0.4, 0.5) is 0 Å². The summed E-state index contributed by atoms with van der Waals surface area (Å²) in [7, 11) is 1.25. The van der Waals surface area contributed by atoms with Gasteiger partial charge in [-0.05, 0) is 6.92 Å². The van der Waals surface area contributed by atoms with Crippen molar-refractivity contribution in [2.75, 3.05) is 20.3 Å². The average molecular weight is 490 g/mol. The molecule has 0 spiro atoms. The highest BCUT2D eigenvalue weighted by Crippen LogP contribution is 2.30. The number of hydrogen-bond acceptors (Lipinski definition) is 15. The molecule has 33 heavy (non-hydrogen) atoms. The summed E-state index contributed by atoms with van der Waals surface area (Å²) in [5.41, 5.74) is 0. The lowest BCUT2D eigenvalue weighted by molar-refractivity contribution is -0.374. The van der Waals surface area contributed by atoms with Crippen molar-refractivity contribution in [3.63, 3.8) is 0 Å². The number of hydrogen-bond donors (Lipinski definition) is 10. The van der Waals surface area contributed by atoms with Crippen LogP contribution in [0.15, 0.2) is 0 Å². The van der Waals surface area contributed by atoms with Crippen LogP contribution >= 0.6 is 0 Å². The molecule has 2 saturated heterocycles. The van der Waals surface area contributed by atoms with E-state index >= 15 is 0 Å². The van der Waals surface area contributed by atoms with Crippen LogP contribution in [0.25, 0.3) is 0 Å². The molecule has 0 aliphatic carbocycles. The fourth-order valence-corrected chi connectivity index (χ4v) is 3.52. The number of aliphatic hydroxyl groups is 10. The van der Waals surface area contributed by atoms with Gasteiger partial charge in [0.1, 0.15) is 61.0 Å². The molecule has 2 heterocycles. The van der Waals surface area contributed by atoms with Crippen molar-refractivity contribution in [3.8, 4) is 0 Å². The van der Waals surface area contributed by atoms with E-state index in [2.05, 4.69) is 0 Å². The van der Waals surface area contributed by atoms with E-state index in [4.69, 9.17) is 23.7 Å². The van der Waals surface area contributed by atoms with Gasteiger partial charge in [-0.25, -0.2) is 0 Å². The Morgan fingerprint density at radius 3 is 1.88 bits per heavy atom. The Kier molecular flexibility index (Phi) is 10.7. The van der Waals surface area contributed by atoms with Gasteiger partial charge in [0.05, 0.1) is 19.3 Å². The maximum atomic E-state index is 10.5. The van der Waals surface area contributed by atoms with Gasteiger partial charge >= 0.3 is 0 Å². The molecule has 2 aliphatic heterocycles. The summed E-state index contributed by atoms with van der Waals surface area (Å²) in [4.78, 5) is 0. The predicted octanol–water partition coefficient (Wildman–Crippen LogP) is -6.30. The molecule has 0 amide bonds. The first-order chi connectivity index (χ1) is 15.5. The molecular formula is C18H34O15. The molecular weight excluding hydrogens is 456 g/mol. The fraction of sp³-hybridized carbons (Fsp3) is 1.00. The van der Waals surface area contributed by atoms with E-state index in [1.165, 1.54) is 14.0 Å². The Balaban J connectivity index is 2.23. The Bertz CT molecular complexity index is 581. The zero-order valence-electron chi connectivity index (χ0n) is 18.0. The standard InChI is InChI=1S/C18H34O15/c1-5(29-2)8(21)12(25)16(27)32-15-14(10(23)7(4-20)30-17(15)28)33-18-13(26)11(24)9(22)6(3-19)31-18/h5-28H,3-4H2,1-2H3. The van der Waals surface area contributed by atoms with E-state index < -0.39 is 99.2 Å². The van der Waals surface area contributed by atoms with Gasteiger partial charge in [0.2, 0.25) is 0 Å². The third-order valence-electron chi connectivity index (χ3n) is 5.75. The first kappa shape index (κ1) is 28.6. The highest BCUT2D eigenvalue weighted by molar-refractivity contribution is 4.95. The van der Waals surface area contributed by atoms with Crippen LogP contribution in [0.2, 0.25) is 0 Å². The third-order valence-corrected chi connectivity index (χ3v) is 5.75. The number of aliphatic hydroxyl groups excluding tert-OH is 10. The SMILES string of the molecule is COC(C)C(O)C(O)C(O)OC1C(O)OC(CO)C(O)C1OC1OC(CO)C(O)C(O)C1O. The van der Waals surface area contributed by atoms with Crippen LogP contribution in [-0.4, -0.2) is 157 Å². The van der Waals surface area contributed by atoms with Crippen LogP contribution in [0.5, 0.6) is 0 Å². The lowest BCUT2D eigenvalue weighted by Crippen LogP contribution is -2.65. The van der Waals surface area contributed by atoms with Crippen molar-refractivity contribution in [1.29, 1.82) is 0 Å². The van der Waals surface area contributed by atoms with Gasteiger partial charge in [-0.2, -0.15) is 0 Å². The Morgan fingerprint density at radius 2 is 1.33 bits per heavy atom. The van der Waals surface area contributed by atoms with Gasteiger partial charge in [-0.1, -0.05) is 0 Å². The Hall–Kier alpha value is -0.600. The number of methoxy groups -OCH3 is 1. The van der Waals surface area contributed by atoms with Crippen LogP contribution in [-0.2, 0) is 23.7 Å². The van der Waals surface area contributed by atoms with E-state index in [0.717, 1.165) is 0 Å². The summed E-state index contributed by atoms with van der Waals surface area (Å²) in [6, 6.07) is 0.